The highest BCUT2D eigenvalue weighted by molar-refractivity contribution is 7.22. The van der Waals surface area contributed by atoms with E-state index in [4.69, 9.17) is 16.3 Å². The minimum Gasteiger partial charge on any atom is -0.493 e. The van der Waals surface area contributed by atoms with Crippen LogP contribution in [0.15, 0.2) is 42.5 Å². The average Bonchev–Trinajstić information content (AvgIpc) is 3.00. The zero-order valence-corrected chi connectivity index (χ0v) is 15.5. The molecule has 3 aromatic rings. The Hall–Kier alpha value is -2.11. The first kappa shape index (κ1) is 17.7. The molecule has 0 bridgehead atoms. The molecule has 0 aliphatic carbocycles. The molecule has 0 unspecified atom stereocenters. The summed E-state index contributed by atoms with van der Waals surface area (Å²) in [5, 5.41) is 4.05. The number of unbranched alkanes of at least 4 members (excludes halogenated alkanes) is 2. The number of anilines is 1. The van der Waals surface area contributed by atoms with E-state index in [1.807, 2.05) is 30.3 Å². The number of amides is 1. The van der Waals surface area contributed by atoms with Crippen molar-refractivity contribution < 1.29 is 9.53 Å². The molecule has 1 amide bonds. The Labute approximate surface area is 155 Å². The van der Waals surface area contributed by atoms with Crippen molar-refractivity contribution in [1.82, 2.24) is 4.98 Å². The molecule has 1 heterocycles. The smallest absolute Gasteiger partial charge is 0.261 e. The Balaban J connectivity index is 1.73. The van der Waals surface area contributed by atoms with Crippen LogP contribution in [0, 0.1) is 0 Å². The van der Waals surface area contributed by atoms with Crippen LogP contribution in [-0.4, -0.2) is 17.5 Å². The zero-order chi connectivity index (χ0) is 17.6. The maximum Gasteiger partial charge on any atom is 0.261 e. The summed E-state index contributed by atoms with van der Waals surface area (Å²) in [6.07, 6.45) is 3.22. The topological polar surface area (TPSA) is 51.2 Å². The standard InChI is InChI=1S/C19H19ClN2O2S/c1-2-3-6-11-24-16-8-5-4-7-14(16)18(23)22-19-21-15-10-9-13(20)12-17(15)25-19/h4-5,7-10,12H,2-3,6,11H2,1H3,(H,21,22,23). The van der Waals surface area contributed by atoms with Gasteiger partial charge in [0.25, 0.3) is 5.91 Å². The lowest BCUT2D eigenvalue weighted by Crippen LogP contribution is -2.13. The van der Waals surface area contributed by atoms with Crippen molar-refractivity contribution in [1.29, 1.82) is 0 Å². The summed E-state index contributed by atoms with van der Waals surface area (Å²) in [6, 6.07) is 12.7. The van der Waals surface area contributed by atoms with Gasteiger partial charge in [0.2, 0.25) is 0 Å². The number of fused-ring (bicyclic) bond motifs is 1. The number of nitrogens with one attached hydrogen (secondary N) is 1. The molecular weight excluding hydrogens is 356 g/mol. The fourth-order valence-electron chi connectivity index (χ4n) is 2.43. The van der Waals surface area contributed by atoms with E-state index in [0.717, 1.165) is 29.5 Å². The number of rotatable bonds is 7. The van der Waals surface area contributed by atoms with Gasteiger partial charge in [0.1, 0.15) is 5.75 Å². The van der Waals surface area contributed by atoms with Crippen LogP contribution in [0.2, 0.25) is 5.02 Å². The molecule has 0 fully saturated rings. The molecule has 0 saturated carbocycles. The van der Waals surface area contributed by atoms with E-state index >= 15 is 0 Å². The van der Waals surface area contributed by atoms with E-state index in [-0.39, 0.29) is 5.91 Å². The number of ether oxygens (including phenoxy) is 1. The van der Waals surface area contributed by atoms with Crippen LogP contribution in [0.1, 0.15) is 36.5 Å². The second kappa shape index (κ2) is 8.32. The van der Waals surface area contributed by atoms with E-state index in [1.54, 1.807) is 12.1 Å². The van der Waals surface area contributed by atoms with E-state index < -0.39 is 0 Å². The highest BCUT2D eigenvalue weighted by Crippen LogP contribution is 2.29. The SMILES string of the molecule is CCCCCOc1ccccc1C(=O)Nc1nc2ccc(Cl)cc2s1. The van der Waals surface area contributed by atoms with Gasteiger partial charge >= 0.3 is 0 Å². The molecule has 0 aliphatic rings. The first-order chi connectivity index (χ1) is 12.2. The van der Waals surface area contributed by atoms with Crippen LogP contribution < -0.4 is 10.1 Å². The van der Waals surface area contributed by atoms with Crippen LogP contribution in [0.25, 0.3) is 10.2 Å². The van der Waals surface area contributed by atoms with Crippen molar-refractivity contribution in [2.24, 2.45) is 0 Å². The Bertz CT molecular complexity index is 879. The Morgan fingerprint density at radius 3 is 2.92 bits per heavy atom. The molecule has 2 aromatic carbocycles. The zero-order valence-electron chi connectivity index (χ0n) is 13.9. The van der Waals surface area contributed by atoms with Crippen LogP contribution >= 0.6 is 22.9 Å². The molecule has 0 spiro atoms. The number of halogens is 1. The quantitative estimate of drug-likeness (QED) is 0.534. The van der Waals surface area contributed by atoms with E-state index in [2.05, 4.69) is 17.2 Å². The maximum atomic E-state index is 12.6. The van der Waals surface area contributed by atoms with Crippen LogP contribution in [0.5, 0.6) is 5.75 Å². The van der Waals surface area contributed by atoms with E-state index in [9.17, 15) is 4.79 Å². The molecule has 0 saturated heterocycles. The lowest BCUT2D eigenvalue weighted by molar-refractivity contribution is 0.102. The number of hydrogen-bond donors (Lipinski definition) is 1. The Morgan fingerprint density at radius 2 is 2.08 bits per heavy atom. The van der Waals surface area contributed by atoms with Crippen molar-refractivity contribution in [2.45, 2.75) is 26.2 Å². The van der Waals surface area contributed by atoms with Gasteiger partial charge in [0.15, 0.2) is 5.13 Å². The van der Waals surface area contributed by atoms with Crippen molar-refractivity contribution in [3.63, 3.8) is 0 Å². The van der Waals surface area contributed by atoms with Gasteiger partial charge in [0, 0.05) is 5.02 Å². The van der Waals surface area contributed by atoms with E-state index in [0.29, 0.717) is 28.1 Å². The van der Waals surface area contributed by atoms with Crippen LogP contribution in [0.4, 0.5) is 5.13 Å². The Morgan fingerprint density at radius 1 is 1.24 bits per heavy atom. The number of nitrogens with zero attached hydrogens (tertiary/aromatic N) is 1. The van der Waals surface area contributed by atoms with Crippen molar-refractivity contribution in [3.8, 4) is 5.75 Å². The molecule has 0 aliphatic heterocycles. The summed E-state index contributed by atoms with van der Waals surface area (Å²) in [5.41, 5.74) is 1.32. The molecule has 1 N–H and O–H groups in total. The first-order valence-corrected chi connectivity index (χ1v) is 9.46. The second-order valence-electron chi connectivity index (χ2n) is 5.64. The lowest BCUT2D eigenvalue weighted by Gasteiger charge is -2.10. The molecule has 130 valence electrons. The predicted molar refractivity (Wildman–Crippen MR) is 104 cm³/mol. The molecular formula is C19H19ClN2O2S. The van der Waals surface area contributed by atoms with Gasteiger partial charge in [0.05, 0.1) is 22.4 Å². The fourth-order valence-corrected chi connectivity index (χ4v) is 3.57. The number of benzene rings is 2. The maximum absolute atomic E-state index is 12.6. The predicted octanol–water partition coefficient (Wildman–Crippen LogP) is 5.77. The van der Waals surface area contributed by atoms with Gasteiger partial charge in [-0.2, -0.15) is 0 Å². The van der Waals surface area contributed by atoms with Gasteiger partial charge in [-0.25, -0.2) is 4.98 Å². The van der Waals surface area contributed by atoms with Crippen molar-refractivity contribution >= 4 is 44.2 Å². The number of aromatic nitrogens is 1. The number of carbonyl (C=O) groups is 1. The summed E-state index contributed by atoms with van der Waals surface area (Å²) in [5.74, 6) is 0.372. The van der Waals surface area contributed by atoms with Gasteiger partial charge in [-0.3, -0.25) is 10.1 Å². The van der Waals surface area contributed by atoms with Gasteiger partial charge < -0.3 is 4.74 Å². The largest absolute Gasteiger partial charge is 0.493 e. The number of thiazole rings is 1. The third kappa shape index (κ3) is 4.50. The molecule has 0 atom stereocenters. The third-order valence-corrected chi connectivity index (χ3v) is 4.88. The van der Waals surface area contributed by atoms with E-state index in [1.165, 1.54) is 11.3 Å². The summed E-state index contributed by atoms with van der Waals surface area (Å²) in [6.45, 7) is 2.75. The molecule has 25 heavy (non-hydrogen) atoms. The molecule has 4 nitrogen and oxygen atoms in total. The fraction of sp³-hybridized carbons (Fsp3) is 0.263. The summed E-state index contributed by atoms with van der Waals surface area (Å²) in [4.78, 5) is 17.0. The second-order valence-corrected chi connectivity index (χ2v) is 7.10. The highest BCUT2D eigenvalue weighted by atomic mass is 35.5. The number of carbonyl (C=O) groups excluding carboxylic acids is 1. The van der Waals surface area contributed by atoms with Crippen LogP contribution in [0.3, 0.4) is 0 Å². The monoisotopic (exact) mass is 374 g/mol. The normalized spacial score (nSPS) is 10.8. The number of para-hydroxylation sites is 1. The molecule has 1 aromatic heterocycles. The average molecular weight is 375 g/mol. The minimum atomic E-state index is -0.226. The highest BCUT2D eigenvalue weighted by Gasteiger charge is 2.14. The molecule has 3 rings (SSSR count). The van der Waals surface area contributed by atoms with Crippen molar-refractivity contribution in [3.05, 3.63) is 53.1 Å². The molecule has 0 radical (unpaired) electrons. The Kier molecular flexibility index (Phi) is 5.89. The first-order valence-electron chi connectivity index (χ1n) is 8.26. The van der Waals surface area contributed by atoms with Gasteiger partial charge in [-0.1, -0.05) is 54.8 Å². The third-order valence-electron chi connectivity index (χ3n) is 3.71. The molecule has 6 heteroatoms. The number of hydrogen-bond acceptors (Lipinski definition) is 4. The van der Waals surface area contributed by atoms with Gasteiger partial charge in [-0.05, 0) is 36.8 Å². The summed E-state index contributed by atoms with van der Waals surface area (Å²) in [7, 11) is 0. The van der Waals surface area contributed by atoms with Gasteiger partial charge in [-0.15, -0.1) is 0 Å². The van der Waals surface area contributed by atoms with Crippen molar-refractivity contribution in [2.75, 3.05) is 11.9 Å². The minimum absolute atomic E-state index is 0.226. The summed E-state index contributed by atoms with van der Waals surface area (Å²) < 4.78 is 6.71. The summed E-state index contributed by atoms with van der Waals surface area (Å²) >= 11 is 7.39. The van der Waals surface area contributed by atoms with Crippen LogP contribution in [-0.2, 0) is 0 Å². The lowest BCUT2D eigenvalue weighted by atomic mass is 10.2.